The van der Waals surface area contributed by atoms with E-state index in [4.69, 9.17) is 4.98 Å². The van der Waals surface area contributed by atoms with Crippen LogP contribution in [-0.4, -0.2) is 47.9 Å². The summed E-state index contributed by atoms with van der Waals surface area (Å²) in [6.07, 6.45) is 2.82. The number of aromatic nitrogens is 3. The number of piperazine rings is 1. The Balaban J connectivity index is 1.27. The molecule has 2 aliphatic rings. The summed E-state index contributed by atoms with van der Waals surface area (Å²) in [5.41, 5.74) is 5.40. The summed E-state index contributed by atoms with van der Waals surface area (Å²) < 4.78 is 0. The van der Waals surface area contributed by atoms with Gasteiger partial charge in [-0.05, 0) is 42.2 Å². The third kappa shape index (κ3) is 3.75. The maximum atomic E-state index is 4.86. The van der Waals surface area contributed by atoms with Crippen LogP contribution in [0.5, 0.6) is 0 Å². The third-order valence-electron chi connectivity index (χ3n) is 5.92. The quantitative estimate of drug-likeness (QED) is 0.690. The molecule has 1 aromatic heterocycles. The third-order valence-corrected chi connectivity index (χ3v) is 5.92. The monoisotopic (exact) mass is 386 g/mol. The molecule has 0 amide bonds. The number of fused-ring (bicyclic) bond motifs is 1. The molecule has 29 heavy (non-hydrogen) atoms. The predicted molar refractivity (Wildman–Crippen MR) is 117 cm³/mol. The Morgan fingerprint density at radius 3 is 2.41 bits per heavy atom. The molecule has 0 N–H and O–H groups in total. The lowest BCUT2D eigenvalue weighted by Gasteiger charge is -2.37. The normalized spacial score (nSPS) is 16.7. The van der Waals surface area contributed by atoms with Gasteiger partial charge >= 0.3 is 0 Å². The standard InChI is InChI=1S/C23H26N6/c1-18-5-4-8-21(15-18)27-11-13-28(14-12-27)22-16-24-26-23(25-22)29-10-9-19-6-2-3-7-20(19)17-29/h2-8,15-16H,9-14,17H2,1H3. The second kappa shape index (κ2) is 7.70. The zero-order valence-corrected chi connectivity index (χ0v) is 16.8. The molecule has 5 rings (SSSR count). The lowest BCUT2D eigenvalue weighted by molar-refractivity contribution is 0.639. The molecule has 6 nitrogen and oxygen atoms in total. The largest absolute Gasteiger partial charge is 0.368 e. The average molecular weight is 387 g/mol. The van der Waals surface area contributed by atoms with Crippen molar-refractivity contribution >= 4 is 17.5 Å². The van der Waals surface area contributed by atoms with Crippen molar-refractivity contribution in [3.63, 3.8) is 0 Å². The van der Waals surface area contributed by atoms with E-state index in [0.717, 1.165) is 57.5 Å². The minimum absolute atomic E-state index is 0.734. The molecule has 3 heterocycles. The summed E-state index contributed by atoms with van der Waals surface area (Å²) in [5, 5.41) is 8.60. The number of hydrogen-bond donors (Lipinski definition) is 0. The van der Waals surface area contributed by atoms with Crippen LogP contribution < -0.4 is 14.7 Å². The minimum Gasteiger partial charge on any atom is -0.368 e. The van der Waals surface area contributed by atoms with Gasteiger partial charge in [-0.2, -0.15) is 10.1 Å². The van der Waals surface area contributed by atoms with E-state index in [0.29, 0.717) is 0 Å². The zero-order valence-electron chi connectivity index (χ0n) is 16.8. The van der Waals surface area contributed by atoms with Crippen molar-refractivity contribution < 1.29 is 0 Å². The number of aryl methyl sites for hydroxylation is 1. The molecule has 0 unspecified atom stereocenters. The Labute approximate surface area is 171 Å². The van der Waals surface area contributed by atoms with E-state index < -0.39 is 0 Å². The highest BCUT2D eigenvalue weighted by Crippen LogP contribution is 2.24. The SMILES string of the molecule is Cc1cccc(N2CCN(c3cnnc(N4CCc5ccccc5C4)n3)CC2)c1. The summed E-state index contributed by atoms with van der Waals surface area (Å²) in [5.74, 6) is 1.66. The van der Waals surface area contributed by atoms with Crippen LogP contribution in [0.2, 0.25) is 0 Å². The van der Waals surface area contributed by atoms with Crippen LogP contribution in [0, 0.1) is 6.92 Å². The van der Waals surface area contributed by atoms with Gasteiger partial charge in [0, 0.05) is 45.0 Å². The van der Waals surface area contributed by atoms with E-state index in [1.165, 1.54) is 22.4 Å². The van der Waals surface area contributed by atoms with Gasteiger partial charge in [-0.25, -0.2) is 0 Å². The first-order valence-corrected chi connectivity index (χ1v) is 10.3. The first kappa shape index (κ1) is 17.9. The van der Waals surface area contributed by atoms with Gasteiger partial charge in [0.15, 0.2) is 5.82 Å². The fourth-order valence-corrected chi connectivity index (χ4v) is 4.26. The van der Waals surface area contributed by atoms with Crippen molar-refractivity contribution in [3.8, 4) is 0 Å². The molecule has 1 fully saturated rings. The number of rotatable bonds is 3. The second-order valence-corrected chi connectivity index (χ2v) is 7.87. The highest BCUT2D eigenvalue weighted by Gasteiger charge is 2.22. The van der Waals surface area contributed by atoms with Crippen LogP contribution in [0.25, 0.3) is 0 Å². The highest BCUT2D eigenvalue weighted by atomic mass is 15.4. The molecule has 6 heteroatoms. The van der Waals surface area contributed by atoms with Crippen LogP contribution in [0.3, 0.4) is 0 Å². The molecule has 0 aliphatic carbocycles. The molecule has 0 spiro atoms. The average Bonchev–Trinajstić information content (AvgIpc) is 2.79. The van der Waals surface area contributed by atoms with Crippen LogP contribution in [0.15, 0.2) is 54.7 Å². The van der Waals surface area contributed by atoms with Crippen molar-refractivity contribution in [2.24, 2.45) is 0 Å². The summed E-state index contributed by atoms with van der Waals surface area (Å²) in [6.45, 7) is 7.78. The Morgan fingerprint density at radius 2 is 1.59 bits per heavy atom. The molecule has 0 saturated carbocycles. The van der Waals surface area contributed by atoms with Crippen LogP contribution in [0.4, 0.5) is 17.5 Å². The molecule has 148 valence electrons. The molecule has 0 radical (unpaired) electrons. The Bertz CT molecular complexity index is 996. The zero-order chi connectivity index (χ0) is 19.6. The van der Waals surface area contributed by atoms with Crippen molar-refractivity contribution in [2.45, 2.75) is 19.9 Å². The Hall–Kier alpha value is -3.15. The Morgan fingerprint density at radius 1 is 0.793 bits per heavy atom. The topological polar surface area (TPSA) is 48.4 Å². The smallest absolute Gasteiger partial charge is 0.247 e. The van der Waals surface area contributed by atoms with Gasteiger partial charge in [-0.3, -0.25) is 0 Å². The summed E-state index contributed by atoms with van der Waals surface area (Å²) in [6, 6.07) is 17.4. The lowest BCUT2D eigenvalue weighted by atomic mass is 10.0. The van der Waals surface area contributed by atoms with Crippen LogP contribution in [0.1, 0.15) is 16.7 Å². The van der Waals surface area contributed by atoms with E-state index in [1.807, 2.05) is 0 Å². The molecular formula is C23H26N6. The molecule has 0 atom stereocenters. The van der Waals surface area contributed by atoms with E-state index in [9.17, 15) is 0 Å². The maximum absolute atomic E-state index is 4.86. The van der Waals surface area contributed by atoms with E-state index in [2.05, 4.69) is 80.4 Å². The van der Waals surface area contributed by atoms with Crippen molar-refractivity contribution in [3.05, 3.63) is 71.4 Å². The van der Waals surface area contributed by atoms with Gasteiger partial charge in [0.05, 0.1) is 6.20 Å². The van der Waals surface area contributed by atoms with Crippen molar-refractivity contribution in [2.75, 3.05) is 47.4 Å². The Kier molecular flexibility index (Phi) is 4.76. The molecule has 2 aromatic carbocycles. The molecule has 2 aliphatic heterocycles. The maximum Gasteiger partial charge on any atom is 0.247 e. The first-order chi connectivity index (χ1) is 14.3. The minimum atomic E-state index is 0.734. The van der Waals surface area contributed by atoms with Crippen molar-refractivity contribution in [1.82, 2.24) is 15.2 Å². The van der Waals surface area contributed by atoms with Crippen LogP contribution >= 0.6 is 0 Å². The number of anilines is 3. The fraction of sp³-hybridized carbons (Fsp3) is 0.348. The predicted octanol–water partition coefficient (Wildman–Crippen LogP) is 3.07. The lowest BCUT2D eigenvalue weighted by Crippen LogP contribution is -2.47. The van der Waals surface area contributed by atoms with E-state index >= 15 is 0 Å². The van der Waals surface area contributed by atoms with Gasteiger partial charge in [0.25, 0.3) is 0 Å². The summed E-state index contributed by atoms with van der Waals surface area (Å²) >= 11 is 0. The van der Waals surface area contributed by atoms with Crippen LogP contribution in [-0.2, 0) is 13.0 Å². The second-order valence-electron chi connectivity index (χ2n) is 7.87. The molecule has 0 bridgehead atoms. The summed E-state index contributed by atoms with van der Waals surface area (Å²) in [4.78, 5) is 11.9. The molecule has 1 saturated heterocycles. The first-order valence-electron chi connectivity index (χ1n) is 10.3. The number of benzene rings is 2. The van der Waals surface area contributed by atoms with Gasteiger partial charge in [0.1, 0.15) is 0 Å². The van der Waals surface area contributed by atoms with E-state index in [-0.39, 0.29) is 0 Å². The fourth-order valence-electron chi connectivity index (χ4n) is 4.26. The van der Waals surface area contributed by atoms with Gasteiger partial charge in [-0.15, -0.1) is 5.10 Å². The van der Waals surface area contributed by atoms with Gasteiger partial charge in [-0.1, -0.05) is 36.4 Å². The number of hydrogen-bond acceptors (Lipinski definition) is 6. The van der Waals surface area contributed by atoms with Gasteiger partial charge in [0.2, 0.25) is 5.95 Å². The summed E-state index contributed by atoms with van der Waals surface area (Å²) in [7, 11) is 0. The highest BCUT2D eigenvalue weighted by molar-refractivity contribution is 5.51. The molecule has 3 aromatic rings. The molecular weight excluding hydrogens is 360 g/mol. The van der Waals surface area contributed by atoms with Gasteiger partial charge < -0.3 is 14.7 Å². The van der Waals surface area contributed by atoms with E-state index in [1.54, 1.807) is 6.20 Å². The number of nitrogens with zero attached hydrogens (tertiary/aromatic N) is 6. The van der Waals surface area contributed by atoms with Crippen molar-refractivity contribution in [1.29, 1.82) is 0 Å².